The van der Waals surface area contributed by atoms with Crippen molar-refractivity contribution >= 4 is 5.78 Å². The van der Waals surface area contributed by atoms with Gasteiger partial charge in [0.2, 0.25) is 0 Å². The Balaban J connectivity index is 2.86. The molecule has 3 heteroatoms. The number of aliphatic hydroxyl groups excluding tert-OH is 1. The number of carbonyl (C=O) groups excluding carboxylic acids is 1. The van der Waals surface area contributed by atoms with Gasteiger partial charge in [-0.3, -0.25) is 4.79 Å². The molecule has 1 unspecified atom stereocenters. The maximum atomic E-state index is 11.1. The molecule has 1 atom stereocenters. The van der Waals surface area contributed by atoms with E-state index in [1.54, 1.807) is 31.4 Å². The van der Waals surface area contributed by atoms with Gasteiger partial charge >= 0.3 is 0 Å². The van der Waals surface area contributed by atoms with Crippen molar-refractivity contribution in [2.75, 3.05) is 7.11 Å². The molecule has 0 fully saturated rings. The summed E-state index contributed by atoms with van der Waals surface area (Å²) >= 11 is 0. The summed E-state index contributed by atoms with van der Waals surface area (Å²) < 4.78 is 4.95. The lowest BCUT2D eigenvalue weighted by atomic mass is 10.1. The lowest BCUT2D eigenvalue weighted by molar-refractivity contribution is -0.122. The SMILES string of the molecule is C=CC(=O)C(O)c1ccc(OC)cc1. The van der Waals surface area contributed by atoms with Crippen LogP contribution in [0.1, 0.15) is 11.7 Å². The van der Waals surface area contributed by atoms with E-state index in [0.29, 0.717) is 11.3 Å². The lowest BCUT2D eigenvalue weighted by Gasteiger charge is -2.07. The van der Waals surface area contributed by atoms with Gasteiger partial charge in [0.25, 0.3) is 0 Å². The number of benzene rings is 1. The second-order valence-corrected chi connectivity index (χ2v) is 2.78. The van der Waals surface area contributed by atoms with E-state index in [9.17, 15) is 9.90 Å². The van der Waals surface area contributed by atoms with Gasteiger partial charge in [-0.05, 0) is 23.8 Å². The van der Waals surface area contributed by atoms with Crippen LogP contribution in [0.25, 0.3) is 0 Å². The number of rotatable bonds is 4. The minimum Gasteiger partial charge on any atom is -0.497 e. The largest absolute Gasteiger partial charge is 0.497 e. The van der Waals surface area contributed by atoms with E-state index >= 15 is 0 Å². The van der Waals surface area contributed by atoms with Crippen LogP contribution in [-0.4, -0.2) is 18.0 Å². The molecule has 0 spiro atoms. The van der Waals surface area contributed by atoms with Crippen LogP contribution in [0.3, 0.4) is 0 Å². The molecule has 0 saturated carbocycles. The van der Waals surface area contributed by atoms with Crippen molar-refractivity contribution in [3.05, 3.63) is 42.5 Å². The van der Waals surface area contributed by atoms with Gasteiger partial charge in [-0.25, -0.2) is 0 Å². The molecule has 1 rings (SSSR count). The summed E-state index contributed by atoms with van der Waals surface area (Å²) in [5, 5.41) is 9.49. The fraction of sp³-hybridized carbons (Fsp3) is 0.182. The zero-order valence-electron chi connectivity index (χ0n) is 7.93. The summed E-state index contributed by atoms with van der Waals surface area (Å²) in [7, 11) is 1.56. The Bertz CT molecular complexity index is 327. The molecule has 0 aliphatic rings. The zero-order valence-corrected chi connectivity index (χ0v) is 7.93. The average molecular weight is 192 g/mol. The standard InChI is InChI=1S/C11H12O3/c1-3-10(12)11(13)8-4-6-9(14-2)7-5-8/h3-7,11,13H,1H2,2H3. The van der Waals surface area contributed by atoms with Crippen LogP contribution in [0, 0.1) is 0 Å². The van der Waals surface area contributed by atoms with Crippen LogP contribution in [0.15, 0.2) is 36.9 Å². The van der Waals surface area contributed by atoms with Gasteiger partial charge in [0.1, 0.15) is 11.9 Å². The van der Waals surface area contributed by atoms with Gasteiger partial charge in [-0.2, -0.15) is 0 Å². The fourth-order valence-corrected chi connectivity index (χ4v) is 1.06. The molecule has 0 heterocycles. The van der Waals surface area contributed by atoms with Gasteiger partial charge < -0.3 is 9.84 Å². The molecule has 74 valence electrons. The van der Waals surface area contributed by atoms with Crippen molar-refractivity contribution < 1.29 is 14.6 Å². The van der Waals surface area contributed by atoms with E-state index in [2.05, 4.69) is 6.58 Å². The van der Waals surface area contributed by atoms with Gasteiger partial charge in [-0.1, -0.05) is 18.7 Å². The number of hydrogen-bond acceptors (Lipinski definition) is 3. The first-order valence-corrected chi connectivity index (χ1v) is 4.17. The summed E-state index contributed by atoms with van der Waals surface area (Å²) in [5.74, 6) is 0.280. The Morgan fingerprint density at radius 1 is 1.50 bits per heavy atom. The molecule has 3 nitrogen and oxygen atoms in total. The molecule has 1 aromatic rings. The van der Waals surface area contributed by atoms with Crippen LogP contribution < -0.4 is 4.74 Å². The monoisotopic (exact) mass is 192 g/mol. The summed E-state index contributed by atoms with van der Waals surface area (Å²) in [6, 6.07) is 6.67. The number of ether oxygens (including phenoxy) is 1. The molecule has 1 N–H and O–H groups in total. The topological polar surface area (TPSA) is 46.5 Å². The second-order valence-electron chi connectivity index (χ2n) is 2.78. The molecule has 0 aromatic heterocycles. The molecule has 0 saturated heterocycles. The Hall–Kier alpha value is -1.61. The Kier molecular flexibility index (Phi) is 3.42. The molecule has 0 aliphatic heterocycles. The van der Waals surface area contributed by atoms with Crippen LogP contribution >= 0.6 is 0 Å². The third-order valence-corrected chi connectivity index (χ3v) is 1.90. The van der Waals surface area contributed by atoms with Crippen molar-refractivity contribution in [2.24, 2.45) is 0 Å². The van der Waals surface area contributed by atoms with Gasteiger partial charge in [0, 0.05) is 0 Å². The van der Waals surface area contributed by atoms with E-state index in [4.69, 9.17) is 4.74 Å². The van der Waals surface area contributed by atoms with Gasteiger partial charge in [0.05, 0.1) is 7.11 Å². The number of hydrogen-bond donors (Lipinski definition) is 1. The van der Waals surface area contributed by atoms with Gasteiger partial charge in [-0.15, -0.1) is 0 Å². The van der Waals surface area contributed by atoms with Gasteiger partial charge in [0.15, 0.2) is 5.78 Å². The average Bonchev–Trinajstić information content (AvgIpc) is 2.27. The number of ketones is 1. The van der Waals surface area contributed by atoms with Crippen molar-refractivity contribution in [1.29, 1.82) is 0 Å². The van der Waals surface area contributed by atoms with E-state index < -0.39 is 11.9 Å². The van der Waals surface area contributed by atoms with Crippen molar-refractivity contribution in [3.8, 4) is 5.75 Å². The van der Waals surface area contributed by atoms with Crippen LogP contribution in [0.2, 0.25) is 0 Å². The zero-order chi connectivity index (χ0) is 10.6. The van der Waals surface area contributed by atoms with E-state index in [0.717, 1.165) is 6.08 Å². The summed E-state index contributed by atoms with van der Waals surface area (Å²) in [6.07, 6.45) is -0.0204. The van der Waals surface area contributed by atoms with Crippen molar-refractivity contribution in [2.45, 2.75) is 6.10 Å². The quantitative estimate of drug-likeness (QED) is 0.735. The highest BCUT2D eigenvalue weighted by atomic mass is 16.5. The molecular formula is C11H12O3. The molecule has 0 bridgehead atoms. The highest BCUT2D eigenvalue weighted by molar-refractivity contribution is 5.93. The third-order valence-electron chi connectivity index (χ3n) is 1.90. The predicted molar refractivity (Wildman–Crippen MR) is 53.2 cm³/mol. The molecule has 14 heavy (non-hydrogen) atoms. The molecule has 1 aromatic carbocycles. The second kappa shape index (κ2) is 4.58. The highest BCUT2D eigenvalue weighted by Crippen LogP contribution is 2.18. The molecule has 0 amide bonds. The minimum atomic E-state index is -1.13. The normalized spacial score (nSPS) is 11.9. The first-order valence-electron chi connectivity index (χ1n) is 4.17. The van der Waals surface area contributed by atoms with E-state index in [-0.39, 0.29) is 0 Å². The smallest absolute Gasteiger partial charge is 0.188 e. The minimum absolute atomic E-state index is 0.407. The summed E-state index contributed by atoms with van der Waals surface area (Å²) in [5.41, 5.74) is 0.538. The van der Waals surface area contributed by atoms with Crippen molar-refractivity contribution in [3.63, 3.8) is 0 Å². The number of methoxy groups -OCH3 is 1. The summed E-state index contributed by atoms with van der Waals surface area (Å²) in [6.45, 7) is 3.31. The first kappa shape index (κ1) is 10.5. The van der Waals surface area contributed by atoms with E-state index in [1.165, 1.54) is 0 Å². The molecular weight excluding hydrogens is 180 g/mol. The summed E-state index contributed by atoms with van der Waals surface area (Å²) in [4.78, 5) is 11.1. The van der Waals surface area contributed by atoms with Crippen LogP contribution in [-0.2, 0) is 4.79 Å². The highest BCUT2D eigenvalue weighted by Gasteiger charge is 2.13. The number of carbonyl (C=O) groups is 1. The molecule has 0 radical (unpaired) electrons. The lowest BCUT2D eigenvalue weighted by Crippen LogP contribution is -2.08. The molecule has 0 aliphatic carbocycles. The maximum Gasteiger partial charge on any atom is 0.188 e. The third kappa shape index (κ3) is 2.20. The fourth-order valence-electron chi connectivity index (χ4n) is 1.06. The van der Waals surface area contributed by atoms with Crippen molar-refractivity contribution in [1.82, 2.24) is 0 Å². The first-order chi connectivity index (χ1) is 6.69. The Labute approximate surface area is 82.6 Å². The predicted octanol–water partition coefficient (Wildman–Crippen LogP) is 1.48. The van der Waals surface area contributed by atoms with Crippen LogP contribution in [0.4, 0.5) is 0 Å². The Morgan fingerprint density at radius 3 is 2.50 bits per heavy atom. The Morgan fingerprint density at radius 2 is 2.07 bits per heavy atom. The maximum absolute atomic E-state index is 11.1. The van der Waals surface area contributed by atoms with Crippen LogP contribution in [0.5, 0.6) is 5.75 Å². The number of aliphatic hydroxyl groups is 1. The van der Waals surface area contributed by atoms with E-state index in [1.807, 2.05) is 0 Å².